The zero-order valence-electron chi connectivity index (χ0n) is 13.1. The van der Waals surface area contributed by atoms with Crippen LogP contribution >= 0.6 is 0 Å². The van der Waals surface area contributed by atoms with Crippen LogP contribution in [0.5, 0.6) is 0 Å². The van der Waals surface area contributed by atoms with E-state index < -0.39 is 10.8 Å². The van der Waals surface area contributed by atoms with E-state index in [1.807, 2.05) is 6.07 Å². The number of aromatic nitrogens is 1. The smallest absolute Gasteiger partial charge is 0.151 e. The zero-order valence-corrected chi connectivity index (χ0v) is 13.9. The van der Waals surface area contributed by atoms with E-state index in [4.69, 9.17) is 4.52 Å². The average molecular weight is 318 g/mol. The Bertz CT molecular complexity index is 651. The number of hydrogen-bond acceptors (Lipinski definition) is 4. The minimum atomic E-state index is -0.681. The molecule has 118 valence electrons. The fourth-order valence-electron chi connectivity index (χ4n) is 2.83. The first-order valence-corrected chi connectivity index (χ1v) is 9.19. The molecule has 0 N–H and O–H groups in total. The number of nitrogens with zero attached hydrogens (tertiary/aromatic N) is 2. The van der Waals surface area contributed by atoms with Gasteiger partial charge in [0.25, 0.3) is 0 Å². The predicted molar refractivity (Wildman–Crippen MR) is 89.0 cm³/mol. The van der Waals surface area contributed by atoms with Gasteiger partial charge < -0.3 is 4.52 Å². The van der Waals surface area contributed by atoms with Crippen LogP contribution in [0.25, 0.3) is 11.3 Å². The first-order valence-electron chi connectivity index (χ1n) is 7.70. The van der Waals surface area contributed by atoms with Crippen molar-refractivity contribution in [1.82, 2.24) is 10.1 Å². The molecule has 3 rings (SSSR count). The summed E-state index contributed by atoms with van der Waals surface area (Å²) in [5.41, 5.74) is 3.19. The Morgan fingerprint density at radius 1 is 1.36 bits per heavy atom. The van der Waals surface area contributed by atoms with Crippen molar-refractivity contribution in [2.24, 2.45) is 5.92 Å². The molecule has 1 fully saturated rings. The Balaban J connectivity index is 1.68. The molecule has 2 unspecified atom stereocenters. The maximum Gasteiger partial charge on any atom is 0.151 e. The average Bonchev–Trinajstić information content (AvgIpc) is 2.87. The third-order valence-electron chi connectivity index (χ3n) is 3.96. The largest absolute Gasteiger partial charge is 0.359 e. The highest BCUT2D eigenvalue weighted by molar-refractivity contribution is 7.85. The van der Waals surface area contributed by atoms with Crippen molar-refractivity contribution in [3.05, 3.63) is 41.7 Å². The van der Waals surface area contributed by atoms with Crippen LogP contribution in [0.4, 0.5) is 0 Å². The lowest BCUT2D eigenvalue weighted by atomic mass is 10.1. The van der Waals surface area contributed by atoms with Gasteiger partial charge in [0.1, 0.15) is 5.69 Å². The van der Waals surface area contributed by atoms with E-state index >= 15 is 0 Å². The number of aryl methyl sites for hydroxylation is 1. The Hall–Kier alpha value is -1.46. The second kappa shape index (κ2) is 6.75. The maximum absolute atomic E-state index is 11.8. The molecular weight excluding hydrogens is 296 g/mol. The van der Waals surface area contributed by atoms with Gasteiger partial charge in [-0.2, -0.15) is 0 Å². The molecule has 2 aromatic rings. The van der Waals surface area contributed by atoms with Crippen LogP contribution in [-0.2, 0) is 17.3 Å². The van der Waals surface area contributed by atoms with Gasteiger partial charge in [0.05, 0.1) is 6.54 Å². The van der Waals surface area contributed by atoms with Crippen LogP contribution in [0.3, 0.4) is 0 Å². The summed E-state index contributed by atoms with van der Waals surface area (Å²) >= 11 is 0. The van der Waals surface area contributed by atoms with E-state index in [9.17, 15) is 4.21 Å². The van der Waals surface area contributed by atoms with Gasteiger partial charge in [-0.15, -0.1) is 0 Å². The highest BCUT2D eigenvalue weighted by Crippen LogP contribution is 2.21. The Kier molecular flexibility index (Phi) is 4.74. The summed E-state index contributed by atoms with van der Waals surface area (Å²) in [5, 5.41) is 4.18. The topological polar surface area (TPSA) is 46.3 Å². The van der Waals surface area contributed by atoms with Gasteiger partial charge in [0.15, 0.2) is 5.76 Å². The van der Waals surface area contributed by atoms with Gasteiger partial charge in [0, 0.05) is 47.0 Å². The third-order valence-corrected chi connectivity index (χ3v) is 5.54. The van der Waals surface area contributed by atoms with Crippen molar-refractivity contribution < 1.29 is 8.73 Å². The summed E-state index contributed by atoms with van der Waals surface area (Å²) in [6.45, 7) is 6.79. The maximum atomic E-state index is 11.8. The number of rotatable bonds is 3. The van der Waals surface area contributed by atoms with Crippen LogP contribution in [0, 0.1) is 12.8 Å². The SMILES string of the molecule is Cc1ccc(-c2cc(CN3CCS(=O)CC(C)C3)on2)cc1. The molecule has 0 bridgehead atoms. The highest BCUT2D eigenvalue weighted by Gasteiger charge is 2.20. The van der Waals surface area contributed by atoms with Crippen molar-refractivity contribution in [2.45, 2.75) is 20.4 Å². The van der Waals surface area contributed by atoms with E-state index in [1.54, 1.807) is 0 Å². The van der Waals surface area contributed by atoms with Crippen LogP contribution in [0.2, 0.25) is 0 Å². The van der Waals surface area contributed by atoms with Crippen molar-refractivity contribution in [1.29, 1.82) is 0 Å². The monoisotopic (exact) mass is 318 g/mol. The molecule has 5 heteroatoms. The molecule has 0 amide bonds. The van der Waals surface area contributed by atoms with Crippen LogP contribution < -0.4 is 0 Å². The van der Waals surface area contributed by atoms with Crippen LogP contribution in [0.1, 0.15) is 18.2 Å². The summed E-state index contributed by atoms with van der Waals surface area (Å²) in [6.07, 6.45) is 0. The summed E-state index contributed by atoms with van der Waals surface area (Å²) in [5.74, 6) is 2.89. The van der Waals surface area contributed by atoms with Crippen molar-refractivity contribution in [2.75, 3.05) is 24.6 Å². The second-order valence-corrected chi connectivity index (χ2v) is 7.82. The molecule has 1 aliphatic heterocycles. The zero-order chi connectivity index (χ0) is 15.5. The second-order valence-electron chi connectivity index (χ2n) is 6.20. The molecule has 22 heavy (non-hydrogen) atoms. The molecule has 0 spiro atoms. The quantitative estimate of drug-likeness (QED) is 0.873. The van der Waals surface area contributed by atoms with Crippen LogP contribution in [0.15, 0.2) is 34.9 Å². The fourth-order valence-corrected chi connectivity index (χ4v) is 4.20. The van der Waals surface area contributed by atoms with Gasteiger partial charge in [-0.1, -0.05) is 41.9 Å². The van der Waals surface area contributed by atoms with E-state index in [1.165, 1.54) is 5.56 Å². The Morgan fingerprint density at radius 3 is 2.91 bits per heavy atom. The standard InChI is InChI=1S/C17H22N2O2S/c1-13-3-5-15(6-4-13)17-9-16(21-18-17)11-19-7-8-22(20)12-14(2)10-19/h3-6,9,14H,7-8,10-12H2,1-2H3. The predicted octanol–water partition coefficient (Wildman–Crippen LogP) is 2.85. The normalized spacial score (nSPS) is 23.4. The van der Waals surface area contributed by atoms with E-state index in [0.717, 1.165) is 48.2 Å². The molecule has 2 atom stereocenters. The summed E-state index contributed by atoms with van der Waals surface area (Å²) in [7, 11) is -0.681. The molecule has 4 nitrogen and oxygen atoms in total. The van der Waals surface area contributed by atoms with Crippen molar-refractivity contribution >= 4 is 10.8 Å². The van der Waals surface area contributed by atoms with Gasteiger partial charge >= 0.3 is 0 Å². The fraction of sp³-hybridized carbons (Fsp3) is 0.471. The van der Waals surface area contributed by atoms with E-state index in [2.05, 4.69) is 48.2 Å². The van der Waals surface area contributed by atoms with Gasteiger partial charge in [-0.05, 0) is 12.8 Å². The minimum Gasteiger partial charge on any atom is -0.359 e. The lowest BCUT2D eigenvalue weighted by Crippen LogP contribution is -2.28. The minimum absolute atomic E-state index is 0.461. The Labute approximate surface area is 134 Å². The van der Waals surface area contributed by atoms with E-state index in [-0.39, 0.29) is 0 Å². The molecule has 0 aliphatic carbocycles. The highest BCUT2D eigenvalue weighted by atomic mass is 32.2. The molecule has 2 heterocycles. The molecule has 0 radical (unpaired) electrons. The van der Waals surface area contributed by atoms with Crippen molar-refractivity contribution in [3.63, 3.8) is 0 Å². The summed E-state index contributed by atoms with van der Waals surface area (Å²) in [6, 6.07) is 10.3. The molecule has 1 aromatic heterocycles. The van der Waals surface area contributed by atoms with Gasteiger partial charge in [-0.3, -0.25) is 9.11 Å². The number of hydrogen-bond donors (Lipinski definition) is 0. The van der Waals surface area contributed by atoms with E-state index in [0.29, 0.717) is 5.92 Å². The molecule has 1 aliphatic rings. The van der Waals surface area contributed by atoms with Crippen molar-refractivity contribution in [3.8, 4) is 11.3 Å². The first kappa shape index (κ1) is 15.4. The summed E-state index contributed by atoms with van der Waals surface area (Å²) in [4.78, 5) is 2.31. The third kappa shape index (κ3) is 3.84. The lowest BCUT2D eigenvalue weighted by Gasteiger charge is -2.19. The molecule has 1 saturated heterocycles. The Morgan fingerprint density at radius 2 is 2.14 bits per heavy atom. The summed E-state index contributed by atoms with van der Waals surface area (Å²) < 4.78 is 17.2. The van der Waals surface area contributed by atoms with Gasteiger partial charge in [0.2, 0.25) is 0 Å². The molecular formula is C17H22N2O2S. The molecule has 1 aromatic carbocycles. The number of benzene rings is 1. The van der Waals surface area contributed by atoms with Crippen LogP contribution in [-0.4, -0.2) is 38.9 Å². The van der Waals surface area contributed by atoms with Gasteiger partial charge in [-0.25, -0.2) is 0 Å². The first-order chi connectivity index (χ1) is 10.6. The lowest BCUT2D eigenvalue weighted by molar-refractivity contribution is 0.225. The molecule has 0 saturated carbocycles.